The monoisotopic (exact) mass is 508 g/mol. The van der Waals surface area contributed by atoms with Gasteiger partial charge in [-0.2, -0.15) is 0 Å². The first kappa shape index (κ1) is 26.2. The Hall–Kier alpha value is -2.84. The van der Waals surface area contributed by atoms with E-state index in [9.17, 15) is 9.59 Å². The van der Waals surface area contributed by atoms with Gasteiger partial charge in [0.05, 0.1) is 24.4 Å². The quantitative estimate of drug-likeness (QED) is 0.452. The van der Waals surface area contributed by atoms with Crippen molar-refractivity contribution >= 4 is 34.4 Å². The number of amides is 1. The lowest BCUT2D eigenvalue weighted by molar-refractivity contribution is 0.205. The number of hydrogen-bond acceptors (Lipinski definition) is 6. The molecular formula is C28H36N4O3S. The van der Waals surface area contributed by atoms with Crippen molar-refractivity contribution in [2.45, 2.75) is 38.4 Å². The molecule has 0 bridgehead atoms. The molecule has 1 N–H and O–H groups in total. The summed E-state index contributed by atoms with van der Waals surface area (Å²) in [5.74, 6) is 1.77. The molecular weight excluding hydrogens is 472 g/mol. The molecule has 192 valence electrons. The number of ether oxygens (including phenoxy) is 1. The highest BCUT2D eigenvalue weighted by Gasteiger charge is 2.24. The number of thioether (sulfide) groups is 1. The van der Waals surface area contributed by atoms with Gasteiger partial charge in [0.25, 0.3) is 5.56 Å². The molecule has 0 spiro atoms. The largest absolute Gasteiger partial charge is 0.494 e. The van der Waals surface area contributed by atoms with Crippen LogP contribution in [-0.2, 0) is 0 Å². The second-order valence-electron chi connectivity index (χ2n) is 8.87. The first-order chi connectivity index (χ1) is 17.6. The number of nitrogens with zero attached hydrogens (tertiary/aromatic N) is 3. The van der Waals surface area contributed by atoms with Gasteiger partial charge < -0.3 is 15.0 Å². The first-order valence-electron chi connectivity index (χ1n) is 12.9. The van der Waals surface area contributed by atoms with Crippen LogP contribution in [0.15, 0.2) is 63.9 Å². The van der Waals surface area contributed by atoms with E-state index in [1.807, 2.05) is 37.7 Å². The molecule has 1 aromatic heterocycles. The third kappa shape index (κ3) is 6.28. The Bertz CT molecular complexity index is 1210. The van der Waals surface area contributed by atoms with Crippen LogP contribution in [0.5, 0.6) is 5.75 Å². The summed E-state index contributed by atoms with van der Waals surface area (Å²) in [7, 11) is 0. The normalized spacial score (nSPS) is 17.9. The van der Waals surface area contributed by atoms with Crippen LogP contribution in [0.25, 0.3) is 10.9 Å². The summed E-state index contributed by atoms with van der Waals surface area (Å²) in [6, 6.07) is 8.45. The highest BCUT2D eigenvalue weighted by Crippen LogP contribution is 2.33. The maximum atomic E-state index is 12.9. The van der Waals surface area contributed by atoms with Gasteiger partial charge in [-0.05, 0) is 74.9 Å². The number of carbonyl (C=O) groups is 1. The van der Waals surface area contributed by atoms with Crippen molar-refractivity contribution in [3.05, 3.63) is 64.5 Å². The molecule has 0 radical (unpaired) electrons. The molecule has 1 aliphatic carbocycles. The number of aromatic nitrogens is 1. The molecule has 1 aliphatic heterocycles. The van der Waals surface area contributed by atoms with E-state index < -0.39 is 0 Å². The van der Waals surface area contributed by atoms with Crippen LogP contribution in [0.1, 0.15) is 33.1 Å². The topological polar surface area (TPSA) is 75.9 Å². The minimum Gasteiger partial charge on any atom is -0.494 e. The third-order valence-electron chi connectivity index (χ3n) is 6.55. The van der Waals surface area contributed by atoms with Gasteiger partial charge in [-0.15, -0.1) is 11.8 Å². The van der Waals surface area contributed by atoms with E-state index in [1.54, 1.807) is 17.0 Å². The summed E-state index contributed by atoms with van der Waals surface area (Å²) < 4.78 is 7.19. The summed E-state index contributed by atoms with van der Waals surface area (Å²) >= 11 is 2.00. The van der Waals surface area contributed by atoms with Crippen molar-refractivity contribution in [3.8, 4) is 5.75 Å². The number of benzene rings is 1. The zero-order chi connectivity index (χ0) is 25.3. The summed E-state index contributed by atoms with van der Waals surface area (Å²) in [6.07, 6.45) is 9.76. The molecule has 0 saturated heterocycles. The van der Waals surface area contributed by atoms with E-state index in [1.165, 1.54) is 16.2 Å². The van der Waals surface area contributed by atoms with Crippen LogP contribution in [0.2, 0.25) is 0 Å². The van der Waals surface area contributed by atoms with E-state index in [-0.39, 0.29) is 11.6 Å². The third-order valence-corrected chi connectivity index (χ3v) is 7.76. The SMILES string of the molecule is CCN(CC)C(=O)n1c(=O)ccc2ccc(OCCCCNCCN=C3C=CCC4SCC=C34)cc21. The number of nitrogens with one attached hydrogen (secondary N) is 1. The number of pyridine rings is 1. The lowest BCUT2D eigenvalue weighted by Gasteiger charge is -2.20. The molecule has 1 amide bonds. The molecule has 2 heterocycles. The predicted octanol–water partition coefficient (Wildman–Crippen LogP) is 4.50. The summed E-state index contributed by atoms with van der Waals surface area (Å²) in [4.78, 5) is 31.9. The van der Waals surface area contributed by atoms with E-state index in [2.05, 4.69) is 23.5 Å². The Kier molecular flexibility index (Phi) is 9.41. The highest BCUT2D eigenvalue weighted by atomic mass is 32.2. The molecule has 1 unspecified atom stereocenters. The van der Waals surface area contributed by atoms with Crippen LogP contribution in [0.4, 0.5) is 4.79 Å². The lowest BCUT2D eigenvalue weighted by atomic mass is 9.98. The van der Waals surface area contributed by atoms with Crippen molar-refractivity contribution in [2.75, 3.05) is 45.1 Å². The Morgan fingerprint density at radius 1 is 1.19 bits per heavy atom. The van der Waals surface area contributed by atoms with E-state index in [0.29, 0.717) is 36.2 Å². The van der Waals surface area contributed by atoms with Crippen LogP contribution in [-0.4, -0.2) is 71.5 Å². The van der Waals surface area contributed by atoms with Crippen molar-refractivity contribution in [3.63, 3.8) is 0 Å². The van der Waals surface area contributed by atoms with Gasteiger partial charge >= 0.3 is 6.03 Å². The second kappa shape index (κ2) is 12.9. The standard InChI is InChI=1S/C28H36N4O3S/c1-3-31(4-2)28(34)32-25-20-22(12-10-21(25)11-13-27(32)33)35-18-6-5-15-29-16-17-30-24-8-7-9-26-23(24)14-19-36-26/h7-8,10-14,20,26,29H,3-6,9,15-19H2,1-2H3. The number of aliphatic imine (C=N–C) groups is 1. The number of fused-ring (bicyclic) bond motifs is 2. The Morgan fingerprint density at radius 2 is 2.03 bits per heavy atom. The van der Waals surface area contributed by atoms with Gasteiger partial charge in [-0.1, -0.05) is 12.2 Å². The zero-order valence-corrected chi connectivity index (χ0v) is 22.1. The number of unbranched alkanes of at least 4 members (excludes halogenated alkanes) is 1. The van der Waals surface area contributed by atoms with Gasteiger partial charge in [-0.3, -0.25) is 9.79 Å². The molecule has 1 aromatic carbocycles. The molecule has 8 heteroatoms. The summed E-state index contributed by atoms with van der Waals surface area (Å²) in [5.41, 5.74) is 2.83. The van der Waals surface area contributed by atoms with Crippen molar-refractivity contribution in [1.82, 2.24) is 14.8 Å². The van der Waals surface area contributed by atoms with E-state index >= 15 is 0 Å². The molecule has 4 rings (SSSR count). The fourth-order valence-electron chi connectivity index (χ4n) is 4.54. The Balaban J connectivity index is 1.22. The first-order valence-corrected chi connectivity index (χ1v) is 14.0. The van der Waals surface area contributed by atoms with Crippen LogP contribution < -0.4 is 15.6 Å². The minimum atomic E-state index is -0.328. The number of allylic oxidation sites excluding steroid dienone is 2. The van der Waals surface area contributed by atoms with Crippen LogP contribution in [0, 0.1) is 0 Å². The fraction of sp³-hybridized carbons (Fsp3) is 0.464. The second-order valence-corrected chi connectivity index (χ2v) is 10.1. The fourth-order valence-corrected chi connectivity index (χ4v) is 5.69. The van der Waals surface area contributed by atoms with Crippen molar-refractivity contribution < 1.29 is 9.53 Å². The maximum Gasteiger partial charge on any atom is 0.331 e. The lowest BCUT2D eigenvalue weighted by Crippen LogP contribution is -2.39. The molecule has 1 atom stereocenters. The van der Waals surface area contributed by atoms with Gasteiger partial charge in [0.1, 0.15) is 5.75 Å². The average molecular weight is 509 g/mol. The van der Waals surface area contributed by atoms with E-state index in [0.717, 1.165) is 55.7 Å². The Labute approximate surface area is 217 Å². The molecule has 2 aliphatic rings. The smallest absolute Gasteiger partial charge is 0.331 e. The summed E-state index contributed by atoms with van der Waals surface area (Å²) in [6.45, 7) is 8.06. The maximum absolute atomic E-state index is 12.9. The van der Waals surface area contributed by atoms with Crippen LogP contribution in [0.3, 0.4) is 0 Å². The molecule has 0 saturated carbocycles. The summed E-state index contributed by atoms with van der Waals surface area (Å²) in [5, 5.41) is 4.91. The van der Waals surface area contributed by atoms with Crippen molar-refractivity contribution in [2.24, 2.45) is 4.99 Å². The van der Waals surface area contributed by atoms with E-state index in [4.69, 9.17) is 9.73 Å². The predicted molar refractivity (Wildman–Crippen MR) is 150 cm³/mol. The molecule has 2 aromatic rings. The minimum absolute atomic E-state index is 0.304. The average Bonchev–Trinajstić information content (AvgIpc) is 3.38. The number of hydrogen-bond donors (Lipinski definition) is 1. The van der Waals surface area contributed by atoms with Gasteiger partial charge in [0.15, 0.2) is 0 Å². The number of carbonyl (C=O) groups excluding carboxylic acids is 1. The van der Waals surface area contributed by atoms with Gasteiger partial charge in [0, 0.05) is 42.8 Å². The molecule has 7 nitrogen and oxygen atoms in total. The number of rotatable bonds is 11. The molecule has 0 fully saturated rings. The van der Waals surface area contributed by atoms with Crippen molar-refractivity contribution in [1.29, 1.82) is 0 Å². The highest BCUT2D eigenvalue weighted by molar-refractivity contribution is 8.00. The van der Waals surface area contributed by atoms with Gasteiger partial charge in [-0.25, -0.2) is 9.36 Å². The molecule has 36 heavy (non-hydrogen) atoms. The zero-order valence-electron chi connectivity index (χ0n) is 21.2. The van der Waals surface area contributed by atoms with Gasteiger partial charge in [0.2, 0.25) is 0 Å². The Morgan fingerprint density at radius 3 is 2.86 bits per heavy atom. The van der Waals surface area contributed by atoms with Crippen LogP contribution >= 0.6 is 11.8 Å².